The van der Waals surface area contributed by atoms with Crippen LogP contribution in [0, 0.1) is 0 Å². The van der Waals surface area contributed by atoms with E-state index in [9.17, 15) is 13.2 Å². The van der Waals surface area contributed by atoms with Gasteiger partial charge in [0.25, 0.3) is 5.91 Å². The van der Waals surface area contributed by atoms with E-state index in [0.717, 1.165) is 51.4 Å². The van der Waals surface area contributed by atoms with Crippen LogP contribution in [0.2, 0.25) is 0 Å². The third-order valence-corrected chi connectivity index (χ3v) is 7.11. The minimum atomic E-state index is -3.45. The minimum absolute atomic E-state index is 0.138. The molecule has 11 heteroatoms. The van der Waals surface area contributed by atoms with Crippen LogP contribution in [0.5, 0.6) is 0 Å². The molecule has 0 unspecified atom stereocenters. The van der Waals surface area contributed by atoms with Crippen LogP contribution in [0.25, 0.3) is 22.3 Å². The Morgan fingerprint density at radius 1 is 1.08 bits per heavy atom. The largest absolute Gasteiger partial charge is 0.372 e. The predicted molar refractivity (Wildman–Crippen MR) is 141 cm³/mol. The van der Waals surface area contributed by atoms with Gasteiger partial charge in [0.05, 0.1) is 53.2 Å². The molecule has 4 aromatic rings. The highest BCUT2D eigenvalue weighted by molar-refractivity contribution is 7.89. The van der Waals surface area contributed by atoms with Crippen molar-refractivity contribution in [2.45, 2.75) is 32.6 Å². The lowest BCUT2D eigenvalue weighted by Gasteiger charge is -2.36. The van der Waals surface area contributed by atoms with Crippen molar-refractivity contribution in [3.63, 3.8) is 0 Å². The van der Waals surface area contributed by atoms with Gasteiger partial charge < -0.3 is 15.0 Å². The number of nitrogens with one attached hydrogen (secondary N) is 1. The maximum atomic E-state index is 12.5. The second-order valence-corrected chi connectivity index (χ2v) is 11.2. The number of amides is 1. The molecular weight excluding hydrogens is 492 g/mol. The molecule has 1 saturated heterocycles. The molecule has 2 atom stereocenters. The number of rotatable bonds is 6. The van der Waals surface area contributed by atoms with Gasteiger partial charge in [-0.05, 0) is 50.2 Å². The Hall–Kier alpha value is -3.83. The molecule has 5 heterocycles. The lowest BCUT2D eigenvalue weighted by Crippen LogP contribution is -2.45. The number of pyridine rings is 3. The van der Waals surface area contributed by atoms with E-state index in [0.29, 0.717) is 5.69 Å². The summed E-state index contributed by atoms with van der Waals surface area (Å²) in [7, 11) is -3.45. The van der Waals surface area contributed by atoms with Crippen LogP contribution < -0.4 is 10.2 Å². The molecule has 1 amide bonds. The Morgan fingerprint density at radius 2 is 1.84 bits per heavy atom. The van der Waals surface area contributed by atoms with Crippen LogP contribution in [0.1, 0.15) is 29.9 Å². The highest BCUT2D eigenvalue weighted by atomic mass is 32.2. The van der Waals surface area contributed by atoms with Crippen molar-refractivity contribution in [1.82, 2.24) is 24.2 Å². The number of ether oxygens (including phenoxy) is 1. The van der Waals surface area contributed by atoms with Crippen molar-refractivity contribution < 1.29 is 17.9 Å². The molecular formula is C26H28N6O4S. The average Bonchev–Trinajstić information content (AvgIpc) is 3.38. The zero-order valence-corrected chi connectivity index (χ0v) is 21.6. The third kappa shape index (κ3) is 5.62. The number of nitrogens with zero attached hydrogens (tertiary/aromatic N) is 5. The van der Waals surface area contributed by atoms with Gasteiger partial charge in [0.1, 0.15) is 5.82 Å². The molecule has 0 aromatic carbocycles. The maximum Gasteiger partial charge on any atom is 0.253 e. The summed E-state index contributed by atoms with van der Waals surface area (Å²) < 4.78 is 30.1. The molecule has 1 fully saturated rings. The molecule has 1 aliphatic heterocycles. The Labute approximate surface area is 215 Å². The van der Waals surface area contributed by atoms with E-state index in [1.165, 1.54) is 18.5 Å². The summed E-state index contributed by atoms with van der Waals surface area (Å²) in [6, 6.07) is 13.1. The van der Waals surface area contributed by atoms with Gasteiger partial charge in [0.15, 0.2) is 0 Å². The van der Waals surface area contributed by atoms with Crippen molar-refractivity contribution in [2.75, 3.05) is 24.2 Å². The number of anilines is 1. The van der Waals surface area contributed by atoms with Gasteiger partial charge in [-0.25, -0.2) is 18.4 Å². The van der Waals surface area contributed by atoms with Crippen molar-refractivity contribution in [3.05, 3.63) is 72.3 Å². The summed E-state index contributed by atoms with van der Waals surface area (Å²) in [5.41, 5.74) is 3.13. The van der Waals surface area contributed by atoms with Gasteiger partial charge >= 0.3 is 0 Å². The lowest BCUT2D eigenvalue weighted by atomic mass is 10.1. The van der Waals surface area contributed by atoms with Crippen molar-refractivity contribution in [1.29, 1.82) is 0 Å². The normalized spacial score (nSPS) is 18.2. The fourth-order valence-corrected chi connectivity index (χ4v) is 4.98. The Kier molecular flexibility index (Phi) is 6.65. The number of hydrogen-bond acceptors (Lipinski definition) is 8. The van der Waals surface area contributed by atoms with Gasteiger partial charge in [0, 0.05) is 37.1 Å². The van der Waals surface area contributed by atoms with Gasteiger partial charge in [-0.15, -0.1) is 0 Å². The molecule has 4 aromatic heterocycles. The number of hydrogen-bond donors (Lipinski definition) is 1. The Balaban J connectivity index is 1.33. The highest BCUT2D eigenvalue weighted by Gasteiger charge is 2.23. The quantitative estimate of drug-likeness (QED) is 0.412. The summed E-state index contributed by atoms with van der Waals surface area (Å²) in [6.07, 6.45) is 5.69. The van der Waals surface area contributed by atoms with Crippen LogP contribution in [0.4, 0.5) is 5.82 Å². The second kappa shape index (κ2) is 9.91. The molecule has 5 rings (SSSR count). The second-order valence-electron chi connectivity index (χ2n) is 9.28. The van der Waals surface area contributed by atoms with Crippen LogP contribution >= 0.6 is 0 Å². The molecule has 1 N–H and O–H groups in total. The fraction of sp³-hybridized carbons (Fsp3) is 0.308. The molecule has 0 saturated carbocycles. The first-order valence-electron chi connectivity index (χ1n) is 12.0. The van der Waals surface area contributed by atoms with Crippen molar-refractivity contribution >= 4 is 32.7 Å². The highest BCUT2D eigenvalue weighted by Crippen LogP contribution is 2.24. The summed E-state index contributed by atoms with van der Waals surface area (Å²) in [5, 5.41) is 3.65. The van der Waals surface area contributed by atoms with Gasteiger partial charge in [0.2, 0.25) is 10.0 Å². The van der Waals surface area contributed by atoms with Crippen LogP contribution in [0.3, 0.4) is 0 Å². The number of aromatic nitrogens is 4. The molecule has 10 nitrogen and oxygen atoms in total. The zero-order valence-electron chi connectivity index (χ0n) is 20.8. The van der Waals surface area contributed by atoms with Gasteiger partial charge in [-0.3, -0.25) is 13.8 Å². The topological polar surface area (TPSA) is 119 Å². The van der Waals surface area contributed by atoms with E-state index in [-0.39, 0.29) is 24.3 Å². The molecule has 0 radical (unpaired) electrons. The summed E-state index contributed by atoms with van der Waals surface area (Å²) in [6.45, 7) is 5.87. The first-order chi connectivity index (χ1) is 17.7. The summed E-state index contributed by atoms with van der Waals surface area (Å²) in [4.78, 5) is 28.8. The lowest BCUT2D eigenvalue weighted by molar-refractivity contribution is -0.00545. The molecule has 37 heavy (non-hydrogen) atoms. The third-order valence-electron chi connectivity index (χ3n) is 6.11. The molecule has 0 bridgehead atoms. The van der Waals surface area contributed by atoms with E-state index in [2.05, 4.69) is 29.0 Å². The van der Waals surface area contributed by atoms with E-state index < -0.39 is 15.9 Å². The number of carbonyl (C=O) groups is 1. The molecule has 1 aliphatic rings. The summed E-state index contributed by atoms with van der Waals surface area (Å²) >= 11 is 0. The minimum Gasteiger partial charge on any atom is -0.372 e. The fourth-order valence-electron chi connectivity index (χ4n) is 4.39. The van der Waals surface area contributed by atoms with E-state index in [1.807, 2.05) is 36.4 Å². The SMILES string of the molecule is C[C@@H]1CN(c2cccc(-c3ccc4cnc(CNC(=O)c5ccn(S(C)(=O)=O)c5)cc4n3)n2)C[C@H](C)O1. The van der Waals surface area contributed by atoms with Gasteiger partial charge in [-0.1, -0.05) is 6.07 Å². The molecule has 0 aliphatic carbocycles. The monoisotopic (exact) mass is 520 g/mol. The smallest absolute Gasteiger partial charge is 0.253 e. The van der Waals surface area contributed by atoms with Crippen LogP contribution in [0.15, 0.2) is 61.1 Å². The standard InChI is InChI=1S/C26H28N6O4S/c1-17-14-31(15-18(2)36-17)25-6-4-5-22(30-25)23-8-7-19-12-27-21(11-24(19)29-23)13-28-26(33)20-9-10-32(16-20)37(3,34)35/h4-12,16-18H,13-15H2,1-3H3,(H,28,33)/t17-,18+. The number of fused-ring (bicyclic) bond motifs is 1. The van der Waals surface area contributed by atoms with E-state index >= 15 is 0 Å². The number of carbonyl (C=O) groups excluding carboxylic acids is 1. The Bertz CT molecular complexity index is 1560. The zero-order chi connectivity index (χ0) is 26.2. The molecule has 192 valence electrons. The molecule has 0 spiro atoms. The average molecular weight is 521 g/mol. The van der Waals surface area contributed by atoms with Gasteiger partial charge in [-0.2, -0.15) is 0 Å². The predicted octanol–water partition coefficient (Wildman–Crippen LogP) is 2.84. The van der Waals surface area contributed by atoms with Crippen LogP contribution in [-0.4, -0.2) is 64.8 Å². The Morgan fingerprint density at radius 3 is 2.57 bits per heavy atom. The number of morpholine rings is 1. The first kappa shape index (κ1) is 24.8. The first-order valence-corrected chi connectivity index (χ1v) is 13.8. The van der Waals surface area contributed by atoms with Crippen molar-refractivity contribution in [3.8, 4) is 11.4 Å². The van der Waals surface area contributed by atoms with Crippen LogP contribution in [-0.2, 0) is 21.3 Å². The summed E-state index contributed by atoms with van der Waals surface area (Å²) in [5.74, 6) is 0.503. The van der Waals surface area contributed by atoms with E-state index in [1.54, 1.807) is 6.20 Å². The maximum absolute atomic E-state index is 12.5. The van der Waals surface area contributed by atoms with E-state index in [4.69, 9.17) is 14.7 Å². The van der Waals surface area contributed by atoms with Crippen molar-refractivity contribution in [2.24, 2.45) is 0 Å².